The third kappa shape index (κ3) is 3.35. The quantitative estimate of drug-likeness (QED) is 0.888. The Labute approximate surface area is 116 Å². The molecule has 1 fully saturated rings. The fraction of sp³-hybridized carbons (Fsp3) is 0.300. The second-order valence-electron chi connectivity index (χ2n) is 3.07. The molecular formula is C10H10BrNOS3. The van der Waals surface area contributed by atoms with Gasteiger partial charge in [-0.2, -0.15) is 0 Å². The van der Waals surface area contributed by atoms with Crippen molar-refractivity contribution in [3.8, 4) is 0 Å². The number of halogens is 1. The molecule has 1 aliphatic heterocycles. The van der Waals surface area contributed by atoms with Crippen LogP contribution in [-0.4, -0.2) is 20.7 Å². The minimum atomic E-state index is 0.0216. The zero-order valence-corrected chi connectivity index (χ0v) is 12.3. The van der Waals surface area contributed by atoms with Crippen molar-refractivity contribution in [2.75, 3.05) is 15.5 Å². The second-order valence-corrected chi connectivity index (χ2v) is 8.13. The van der Waals surface area contributed by atoms with Crippen LogP contribution in [0.25, 0.3) is 0 Å². The van der Waals surface area contributed by atoms with Crippen LogP contribution in [-0.2, 0) is 4.79 Å². The molecule has 1 aromatic carbocycles. The molecule has 16 heavy (non-hydrogen) atoms. The van der Waals surface area contributed by atoms with Crippen molar-refractivity contribution >= 4 is 62.8 Å². The van der Waals surface area contributed by atoms with Crippen molar-refractivity contribution in [1.82, 2.24) is 0 Å². The summed E-state index contributed by atoms with van der Waals surface area (Å²) < 4.78 is 0.942. The maximum atomic E-state index is 11.9. The molecule has 0 aliphatic carbocycles. The molecule has 1 amide bonds. The number of benzene rings is 1. The van der Waals surface area contributed by atoms with Crippen molar-refractivity contribution < 1.29 is 4.79 Å². The third-order valence-electron chi connectivity index (χ3n) is 1.95. The molecule has 0 radical (unpaired) electrons. The summed E-state index contributed by atoms with van der Waals surface area (Å²) in [7, 11) is 0. The van der Waals surface area contributed by atoms with E-state index in [-0.39, 0.29) is 10.5 Å². The van der Waals surface area contributed by atoms with Crippen LogP contribution in [0.5, 0.6) is 0 Å². The highest BCUT2D eigenvalue weighted by atomic mass is 79.9. The lowest BCUT2D eigenvalue weighted by molar-refractivity contribution is -0.114. The molecule has 0 spiro atoms. The molecule has 0 saturated carbocycles. The number of rotatable bonds is 2. The van der Waals surface area contributed by atoms with Gasteiger partial charge in [0, 0.05) is 14.6 Å². The lowest BCUT2D eigenvalue weighted by Gasteiger charge is -2.20. The van der Waals surface area contributed by atoms with Crippen molar-refractivity contribution in [3.05, 3.63) is 28.7 Å². The van der Waals surface area contributed by atoms with E-state index in [0.29, 0.717) is 0 Å². The smallest absolute Gasteiger partial charge is 0.247 e. The number of hydrogen-bond donors (Lipinski definition) is 1. The van der Waals surface area contributed by atoms with Crippen LogP contribution in [0, 0.1) is 0 Å². The van der Waals surface area contributed by atoms with Crippen LogP contribution < -0.4 is 5.32 Å². The fourth-order valence-corrected chi connectivity index (χ4v) is 6.04. The molecule has 0 atom stereocenters. The van der Waals surface area contributed by atoms with Gasteiger partial charge in [-0.1, -0.05) is 12.1 Å². The predicted molar refractivity (Wildman–Crippen MR) is 79.1 cm³/mol. The Morgan fingerprint density at radius 1 is 1.31 bits per heavy atom. The van der Waals surface area contributed by atoms with Crippen molar-refractivity contribution in [2.24, 2.45) is 0 Å². The van der Waals surface area contributed by atoms with E-state index in [1.54, 1.807) is 23.5 Å². The molecule has 1 saturated heterocycles. The Bertz CT molecular complexity index is 382. The highest BCUT2D eigenvalue weighted by Gasteiger charge is 2.22. The second kappa shape index (κ2) is 6.23. The summed E-state index contributed by atoms with van der Waals surface area (Å²) in [5, 5.41) is 4.95. The van der Waals surface area contributed by atoms with Gasteiger partial charge in [0.15, 0.2) is 0 Å². The van der Waals surface area contributed by atoms with Crippen molar-refractivity contribution in [3.63, 3.8) is 0 Å². The number of amides is 1. The highest BCUT2D eigenvalue weighted by Crippen LogP contribution is 2.36. The van der Waals surface area contributed by atoms with E-state index in [1.165, 1.54) is 0 Å². The van der Waals surface area contributed by atoms with Crippen LogP contribution in [0.2, 0.25) is 0 Å². The minimum absolute atomic E-state index is 0.0216. The Kier molecular flexibility index (Phi) is 4.94. The van der Waals surface area contributed by atoms with E-state index in [2.05, 4.69) is 21.2 Å². The van der Waals surface area contributed by atoms with E-state index < -0.39 is 0 Å². The Hall–Kier alpha value is 0.220. The van der Waals surface area contributed by atoms with Crippen LogP contribution >= 0.6 is 51.2 Å². The third-order valence-corrected chi connectivity index (χ3v) is 6.91. The first-order chi connectivity index (χ1) is 7.77. The SMILES string of the molecule is O=C(Nc1ccccc1Br)C1SCSCS1. The van der Waals surface area contributed by atoms with Gasteiger partial charge in [0.05, 0.1) is 5.69 Å². The molecule has 1 N–H and O–H groups in total. The molecule has 1 aromatic rings. The summed E-state index contributed by atoms with van der Waals surface area (Å²) in [5.74, 6) is 0.0854. The van der Waals surface area contributed by atoms with E-state index in [9.17, 15) is 4.79 Å². The molecule has 86 valence electrons. The zero-order valence-electron chi connectivity index (χ0n) is 8.31. The number of hydrogen-bond acceptors (Lipinski definition) is 4. The van der Waals surface area contributed by atoms with Gasteiger partial charge in [0.1, 0.15) is 4.58 Å². The normalized spacial score (nSPS) is 17.1. The van der Waals surface area contributed by atoms with Gasteiger partial charge in [-0.25, -0.2) is 0 Å². The summed E-state index contributed by atoms with van der Waals surface area (Å²) in [6.45, 7) is 0. The average molecular weight is 336 g/mol. The average Bonchev–Trinajstić information content (AvgIpc) is 2.33. The molecule has 0 aromatic heterocycles. The molecule has 0 unspecified atom stereocenters. The molecular weight excluding hydrogens is 326 g/mol. The lowest BCUT2D eigenvalue weighted by Crippen LogP contribution is -2.24. The van der Waals surface area contributed by atoms with Crippen LogP contribution in [0.3, 0.4) is 0 Å². The molecule has 0 bridgehead atoms. The predicted octanol–water partition coefficient (Wildman–Crippen LogP) is 3.84. The standard InChI is InChI=1S/C10H10BrNOS3/c11-7-3-1-2-4-8(7)12-9(13)10-15-5-14-6-16-10/h1-4,10H,5-6H2,(H,12,13). The number of nitrogens with one attached hydrogen (secondary N) is 1. The van der Waals surface area contributed by atoms with Crippen LogP contribution in [0.1, 0.15) is 0 Å². The molecule has 1 heterocycles. The largest absolute Gasteiger partial charge is 0.323 e. The Balaban J connectivity index is 1.99. The number of para-hydroxylation sites is 1. The summed E-state index contributed by atoms with van der Waals surface area (Å²) in [6.07, 6.45) is 0. The van der Waals surface area contributed by atoms with Crippen molar-refractivity contribution in [2.45, 2.75) is 4.58 Å². The van der Waals surface area contributed by atoms with Gasteiger partial charge in [-0.05, 0) is 28.1 Å². The Morgan fingerprint density at radius 3 is 2.69 bits per heavy atom. The first kappa shape index (κ1) is 12.7. The molecule has 1 aliphatic rings. The first-order valence-corrected chi connectivity index (χ1v) is 8.68. The Morgan fingerprint density at radius 2 is 2.00 bits per heavy atom. The monoisotopic (exact) mass is 335 g/mol. The summed E-state index contributed by atoms with van der Waals surface area (Å²) in [5.41, 5.74) is 0.840. The summed E-state index contributed by atoms with van der Waals surface area (Å²) in [4.78, 5) is 11.9. The number of carbonyl (C=O) groups excluding carboxylic acids is 1. The molecule has 6 heteroatoms. The summed E-state index contributed by atoms with van der Waals surface area (Å²) in [6, 6.07) is 7.67. The zero-order chi connectivity index (χ0) is 11.4. The fourth-order valence-electron chi connectivity index (χ4n) is 1.21. The van der Waals surface area contributed by atoms with Gasteiger partial charge in [-0.15, -0.1) is 35.3 Å². The molecule has 2 nitrogen and oxygen atoms in total. The van der Waals surface area contributed by atoms with Crippen molar-refractivity contribution in [1.29, 1.82) is 0 Å². The van der Waals surface area contributed by atoms with E-state index in [0.717, 1.165) is 20.3 Å². The lowest BCUT2D eigenvalue weighted by atomic mass is 10.3. The van der Waals surface area contributed by atoms with Crippen LogP contribution in [0.4, 0.5) is 5.69 Å². The number of anilines is 1. The summed E-state index contributed by atoms with van der Waals surface area (Å²) >= 11 is 8.67. The van der Waals surface area contributed by atoms with Gasteiger partial charge in [-0.3, -0.25) is 4.79 Å². The van der Waals surface area contributed by atoms with Gasteiger partial charge >= 0.3 is 0 Å². The number of thioether (sulfide) groups is 3. The van der Waals surface area contributed by atoms with Gasteiger partial charge < -0.3 is 5.32 Å². The van der Waals surface area contributed by atoms with Gasteiger partial charge in [0.25, 0.3) is 0 Å². The first-order valence-electron chi connectivity index (χ1n) is 4.64. The van der Waals surface area contributed by atoms with E-state index in [1.807, 2.05) is 36.0 Å². The topological polar surface area (TPSA) is 29.1 Å². The maximum Gasteiger partial charge on any atom is 0.247 e. The van der Waals surface area contributed by atoms with Gasteiger partial charge in [0.2, 0.25) is 5.91 Å². The number of carbonyl (C=O) groups is 1. The highest BCUT2D eigenvalue weighted by molar-refractivity contribution is 9.10. The van der Waals surface area contributed by atoms with Crippen LogP contribution in [0.15, 0.2) is 28.7 Å². The van der Waals surface area contributed by atoms with E-state index >= 15 is 0 Å². The minimum Gasteiger partial charge on any atom is -0.323 e. The maximum absolute atomic E-state index is 11.9. The molecule has 2 rings (SSSR count). The van der Waals surface area contributed by atoms with E-state index in [4.69, 9.17) is 0 Å².